The van der Waals surface area contributed by atoms with E-state index in [0.717, 1.165) is 17.3 Å². The molecule has 1 saturated carbocycles. The van der Waals surface area contributed by atoms with Crippen LogP contribution in [0.15, 0.2) is 53.3 Å². The van der Waals surface area contributed by atoms with Gasteiger partial charge in [-0.1, -0.05) is 69.5 Å². The first kappa shape index (κ1) is 21.8. The van der Waals surface area contributed by atoms with E-state index in [-0.39, 0.29) is 11.6 Å². The van der Waals surface area contributed by atoms with Gasteiger partial charge in [-0.25, -0.2) is 0 Å². The average molecular weight is 444 g/mol. The lowest BCUT2D eigenvalue weighted by Gasteiger charge is -2.25. The van der Waals surface area contributed by atoms with Crippen molar-refractivity contribution in [3.63, 3.8) is 0 Å². The van der Waals surface area contributed by atoms with Crippen LogP contribution in [-0.2, 0) is 13.6 Å². The first-order valence-electron chi connectivity index (χ1n) is 12.2. The van der Waals surface area contributed by atoms with Gasteiger partial charge >= 0.3 is 0 Å². The molecule has 2 aromatic carbocycles. The Kier molecular flexibility index (Phi) is 6.02. The van der Waals surface area contributed by atoms with Crippen molar-refractivity contribution in [2.75, 3.05) is 0 Å². The molecule has 1 unspecified atom stereocenters. The highest BCUT2D eigenvalue weighted by Crippen LogP contribution is 2.33. The molecule has 6 heteroatoms. The number of aryl methyl sites for hydroxylation is 1. The van der Waals surface area contributed by atoms with E-state index in [9.17, 15) is 4.79 Å². The number of benzene rings is 2. The number of aromatic nitrogens is 4. The van der Waals surface area contributed by atoms with Crippen LogP contribution in [0.5, 0.6) is 0 Å². The number of nitrogens with one attached hydrogen (secondary N) is 1. The number of rotatable bonds is 6. The van der Waals surface area contributed by atoms with Crippen molar-refractivity contribution in [1.82, 2.24) is 24.5 Å². The highest BCUT2D eigenvalue weighted by Gasteiger charge is 2.20. The molecule has 0 bridgehead atoms. The predicted octanol–water partition coefficient (Wildman–Crippen LogP) is 5.12. The number of nitrogens with zero attached hydrogens (tertiary/aromatic N) is 4. The molecule has 172 valence electrons. The lowest BCUT2D eigenvalue weighted by Crippen LogP contribution is -2.27. The molecule has 0 aliphatic heterocycles. The first-order valence-corrected chi connectivity index (χ1v) is 12.2. The third-order valence-corrected chi connectivity index (χ3v) is 7.21. The van der Waals surface area contributed by atoms with Crippen molar-refractivity contribution in [1.29, 1.82) is 0 Å². The summed E-state index contributed by atoms with van der Waals surface area (Å²) >= 11 is 0. The second-order valence-electron chi connectivity index (χ2n) is 9.74. The maximum Gasteiger partial charge on any atom is 0.262 e. The first-order chi connectivity index (χ1) is 16.0. The van der Waals surface area contributed by atoms with E-state index >= 15 is 0 Å². The number of fused-ring (bicyclic) bond motifs is 3. The summed E-state index contributed by atoms with van der Waals surface area (Å²) in [6.07, 6.45) is 6.74. The van der Waals surface area contributed by atoms with Gasteiger partial charge in [0, 0.05) is 13.1 Å². The van der Waals surface area contributed by atoms with Crippen LogP contribution in [-0.4, -0.2) is 19.2 Å². The Bertz CT molecular complexity index is 1310. The highest BCUT2D eigenvalue weighted by atomic mass is 16.1. The van der Waals surface area contributed by atoms with Gasteiger partial charge in [0.05, 0.1) is 17.4 Å². The van der Waals surface area contributed by atoms with E-state index in [2.05, 4.69) is 53.6 Å². The van der Waals surface area contributed by atoms with Crippen molar-refractivity contribution >= 4 is 16.7 Å². The standard InChI is InChI=1S/C27H33N5O/c1-18(2)25(21-15-13-20(14-16-21)19-9-5-4-6-10-19)28-17-24-29-30-27-31(3)26(33)22-11-7-8-12-23(22)32(24)27/h7-8,11-16,18-19,25,28H,4-6,9-10,17H2,1-3H3. The summed E-state index contributed by atoms with van der Waals surface area (Å²) in [6.45, 7) is 5.05. The van der Waals surface area contributed by atoms with Crippen LogP contribution in [0, 0.1) is 5.92 Å². The topological polar surface area (TPSA) is 64.2 Å². The largest absolute Gasteiger partial charge is 0.303 e. The van der Waals surface area contributed by atoms with E-state index in [0.29, 0.717) is 23.6 Å². The smallest absolute Gasteiger partial charge is 0.262 e. The van der Waals surface area contributed by atoms with Crippen LogP contribution >= 0.6 is 0 Å². The van der Waals surface area contributed by atoms with Crippen molar-refractivity contribution in [3.8, 4) is 0 Å². The number of para-hydroxylation sites is 1. The third-order valence-electron chi connectivity index (χ3n) is 7.21. The monoisotopic (exact) mass is 443 g/mol. The van der Waals surface area contributed by atoms with Crippen LogP contribution in [0.3, 0.4) is 0 Å². The fourth-order valence-corrected chi connectivity index (χ4v) is 5.36. The van der Waals surface area contributed by atoms with Crippen LogP contribution in [0.4, 0.5) is 0 Å². The predicted molar refractivity (Wildman–Crippen MR) is 132 cm³/mol. The molecule has 1 N–H and O–H groups in total. The summed E-state index contributed by atoms with van der Waals surface area (Å²) in [7, 11) is 1.75. The molecule has 0 spiro atoms. The summed E-state index contributed by atoms with van der Waals surface area (Å²) in [5.74, 6) is 2.51. The molecule has 2 aromatic heterocycles. The Labute approximate surface area is 194 Å². The summed E-state index contributed by atoms with van der Waals surface area (Å²) < 4.78 is 3.57. The molecule has 0 amide bonds. The van der Waals surface area contributed by atoms with E-state index in [4.69, 9.17) is 0 Å². The zero-order valence-electron chi connectivity index (χ0n) is 19.8. The summed E-state index contributed by atoms with van der Waals surface area (Å²) in [6, 6.07) is 17.1. The molecule has 4 aromatic rings. The molecule has 5 rings (SSSR count). The van der Waals surface area contributed by atoms with Gasteiger partial charge in [-0.05, 0) is 47.9 Å². The Hall–Kier alpha value is -2.99. The van der Waals surface area contributed by atoms with Crippen LogP contribution in [0.1, 0.15) is 74.9 Å². The molecule has 1 aliphatic carbocycles. The molecule has 0 saturated heterocycles. The van der Waals surface area contributed by atoms with Gasteiger partial charge in [0.1, 0.15) is 0 Å². The zero-order chi connectivity index (χ0) is 22.9. The van der Waals surface area contributed by atoms with E-state index in [1.807, 2.05) is 28.7 Å². The second kappa shape index (κ2) is 9.10. The van der Waals surface area contributed by atoms with Crippen molar-refractivity contribution in [2.24, 2.45) is 13.0 Å². The fraction of sp³-hybridized carbons (Fsp3) is 0.444. The van der Waals surface area contributed by atoms with Crippen LogP contribution < -0.4 is 10.9 Å². The Morgan fingerprint density at radius 1 is 1.00 bits per heavy atom. The van der Waals surface area contributed by atoms with Gasteiger partial charge in [0.25, 0.3) is 5.56 Å². The highest BCUT2D eigenvalue weighted by molar-refractivity contribution is 5.80. The molecular formula is C27H33N5O. The molecule has 0 radical (unpaired) electrons. The van der Waals surface area contributed by atoms with Crippen LogP contribution in [0.25, 0.3) is 16.7 Å². The fourth-order valence-electron chi connectivity index (χ4n) is 5.36. The maximum atomic E-state index is 12.7. The van der Waals surface area contributed by atoms with Crippen molar-refractivity contribution in [2.45, 2.75) is 64.5 Å². The SMILES string of the molecule is CC(C)C(NCc1nnc2n(C)c(=O)c3ccccc3n12)c1ccc(C2CCCCC2)cc1. The number of hydrogen-bond acceptors (Lipinski definition) is 4. The van der Waals surface area contributed by atoms with E-state index < -0.39 is 0 Å². The third kappa shape index (κ3) is 4.08. The average Bonchev–Trinajstić information content (AvgIpc) is 3.28. The quantitative estimate of drug-likeness (QED) is 0.449. The van der Waals surface area contributed by atoms with Gasteiger partial charge in [-0.15, -0.1) is 10.2 Å². The molecule has 6 nitrogen and oxygen atoms in total. The maximum absolute atomic E-state index is 12.7. The minimum Gasteiger partial charge on any atom is -0.303 e. The molecular weight excluding hydrogens is 410 g/mol. The van der Waals surface area contributed by atoms with Crippen molar-refractivity contribution < 1.29 is 0 Å². The summed E-state index contributed by atoms with van der Waals surface area (Å²) in [5.41, 5.74) is 3.57. The normalized spacial score (nSPS) is 16.1. The van der Waals surface area contributed by atoms with Gasteiger partial charge < -0.3 is 5.32 Å². The lowest BCUT2D eigenvalue weighted by molar-refractivity contribution is 0.404. The second-order valence-corrected chi connectivity index (χ2v) is 9.74. The summed E-state index contributed by atoms with van der Waals surface area (Å²) in [4.78, 5) is 12.7. The Morgan fingerprint density at radius 2 is 1.73 bits per heavy atom. The molecule has 1 fully saturated rings. The minimum absolute atomic E-state index is 0.0527. The van der Waals surface area contributed by atoms with Gasteiger partial charge in [0.2, 0.25) is 5.78 Å². The van der Waals surface area contributed by atoms with Crippen LogP contribution in [0.2, 0.25) is 0 Å². The van der Waals surface area contributed by atoms with E-state index in [1.165, 1.54) is 43.2 Å². The Balaban J connectivity index is 1.42. The van der Waals surface area contributed by atoms with E-state index in [1.54, 1.807) is 11.6 Å². The molecule has 2 heterocycles. The number of hydrogen-bond donors (Lipinski definition) is 1. The Morgan fingerprint density at radius 3 is 2.45 bits per heavy atom. The molecule has 1 aliphatic rings. The molecule has 1 atom stereocenters. The van der Waals surface area contributed by atoms with Gasteiger partial charge in [0.15, 0.2) is 5.82 Å². The van der Waals surface area contributed by atoms with Gasteiger partial charge in [-0.2, -0.15) is 0 Å². The van der Waals surface area contributed by atoms with Crippen molar-refractivity contribution in [3.05, 3.63) is 75.8 Å². The lowest BCUT2D eigenvalue weighted by atomic mass is 9.83. The minimum atomic E-state index is -0.0527. The molecule has 33 heavy (non-hydrogen) atoms. The summed E-state index contributed by atoms with van der Waals surface area (Å²) in [5, 5.41) is 13.2. The zero-order valence-corrected chi connectivity index (χ0v) is 19.8. The van der Waals surface area contributed by atoms with Gasteiger partial charge in [-0.3, -0.25) is 13.8 Å².